The fourth-order valence-corrected chi connectivity index (χ4v) is 9.52. The third kappa shape index (κ3) is 35.8. The second-order valence-corrected chi connectivity index (χ2v) is 20.1. The monoisotopic (exact) mass is 913 g/mol. The van der Waals surface area contributed by atoms with Gasteiger partial charge in [-0.05, 0) is 76.3 Å². The normalized spacial score (nSPS) is 14.0. The second-order valence-electron chi connectivity index (χ2n) is 20.1. The number of esters is 2. The average Bonchev–Trinajstić information content (AvgIpc) is 3.27. The van der Waals surface area contributed by atoms with Gasteiger partial charge in [-0.15, -0.1) is 0 Å². The highest BCUT2D eigenvalue weighted by atomic mass is 19.3. The maximum atomic E-state index is 14.0. The number of ether oxygens (including phenoxy) is 2. The SMILES string of the molecule is CCCCCCCCC(CCCCCCCC)COC(=O)CCCCCN(CCO)CCN(CCCCC(=O)OCC(CCCCCCCC)CCCCCCCC)C1CC(F)(F)C1. The molecule has 0 unspecified atom stereocenters. The number of rotatable bonds is 49. The van der Waals surface area contributed by atoms with E-state index < -0.39 is 5.92 Å². The molecule has 0 amide bonds. The Hall–Kier alpha value is -1.32. The molecule has 0 saturated heterocycles. The van der Waals surface area contributed by atoms with E-state index in [0.29, 0.717) is 70.5 Å². The zero-order valence-corrected chi connectivity index (χ0v) is 42.8. The number of carbonyl (C=O) groups excluding carboxylic acids is 2. The molecule has 0 heterocycles. The van der Waals surface area contributed by atoms with Gasteiger partial charge in [-0.3, -0.25) is 19.4 Å². The van der Waals surface area contributed by atoms with Crippen molar-refractivity contribution in [2.45, 2.75) is 277 Å². The van der Waals surface area contributed by atoms with Crippen LogP contribution < -0.4 is 0 Å². The predicted octanol–water partition coefficient (Wildman–Crippen LogP) is 15.4. The summed E-state index contributed by atoms with van der Waals surface area (Å²) in [5.41, 5.74) is 0. The predicted molar refractivity (Wildman–Crippen MR) is 266 cm³/mol. The molecular formula is C55H106F2N2O5. The van der Waals surface area contributed by atoms with Gasteiger partial charge in [0.15, 0.2) is 0 Å². The smallest absolute Gasteiger partial charge is 0.305 e. The van der Waals surface area contributed by atoms with Gasteiger partial charge in [0, 0.05) is 51.4 Å². The average molecular weight is 913 g/mol. The maximum Gasteiger partial charge on any atom is 0.305 e. The lowest BCUT2D eigenvalue weighted by Crippen LogP contribution is -2.53. The van der Waals surface area contributed by atoms with E-state index in [0.717, 1.165) is 57.9 Å². The van der Waals surface area contributed by atoms with Crippen LogP contribution in [0.15, 0.2) is 0 Å². The van der Waals surface area contributed by atoms with Gasteiger partial charge < -0.3 is 14.6 Å². The first-order chi connectivity index (χ1) is 31.2. The van der Waals surface area contributed by atoms with Gasteiger partial charge in [0.05, 0.1) is 19.8 Å². The van der Waals surface area contributed by atoms with Crippen molar-refractivity contribution in [2.24, 2.45) is 11.8 Å². The first-order valence-corrected chi connectivity index (χ1v) is 27.9. The third-order valence-corrected chi connectivity index (χ3v) is 14.0. The molecule has 0 bridgehead atoms. The molecule has 0 aliphatic heterocycles. The van der Waals surface area contributed by atoms with Crippen LogP contribution in [0.5, 0.6) is 0 Å². The zero-order valence-electron chi connectivity index (χ0n) is 42.8. The highest BCUT2D eigenvalue weighted by Crippen LogP contribution is 2.40. The Balaban J connectivity index is 2.48. The van der Waals surface area contributed by atoms with Crippen LogP contribution in [-0.4, -0.2) is 91.4 Å². The van der Waals surface area contributed by atoms with E-state index in [1.165, 1.54) is 154 Å². The van der Waals surface area contributed by atoms with E-state index in [2.05, 4.69) is 37.5 Å². The minimum atomic E-state index is -2.59. The molecule has 380 valence electrons. The number of hydrogen-bond acceptors (Lipinski definition) is 7. The standard InChI is InChI=1S/C55H106F2N2O5/c1-5-9-13-17-21-26-34-50(35-27-22-18-14-10-6-2)48-63-53(61)38-30-25-32-40-58(44-45-60)42-43-59(52-46-55(56,57)47-52)41-33-31-39-54(62)64-49-51(36-28-23-19-15-11-7-3)37-29-24-20-16-12-8-4/h50-52,60H,5-49H2,1-4H3. The second kappa shape index (κ2) is 43.0. The Labute approximate surface area is 395 Å². The molecule has 64 heavy (non-hydrogen) atoms. The van der Waals surface area contributed by atoms with Crippen molar-refractivity contribution < 1.29 is 33.0 Å². The van der Waals surface area contributed by atoms with Gasteiger partial charge in [0.1, 0.15) is 0 Å². The van der Waals surface area contributed by atoms with Crippen molar-refractivity contribution in [1.29, 1.82) is 0 Å². The van der Waals surface area contributed by atoms with Crippen LogP contribution in [-0.2, 0) is 19.1 Å². The van der Waals surface area contributed by atoms with E-state index >= 15 is 0 Å². The summed E-state index contributed by atoms with van der Waals surface area (Å²) < 4.78 is 39.7. The van der Waals surface area contributed by atoms with Gasteiger partial charge in [-0.25, -0.2) is 8.78 Å². The van der Waals surface area contributed by atoms with Gasteiger partial charge in [-0.1, -0.05) is 188 Å². The van der Waals surface area contributed by atoms with Crippen LogP contribution in [0, 0.1) is 11.8 Å². The summed E-state index contributed by atoms with van der Waals surface area (Å²) in [6, 6.07) is -0.148. The molecule has 7 nitrogen and oxygen atoms in total. The van der Waals surface area contributed by atoms with Crippen LogP contribution in [0.2, 0.25) is 0 Å². The Kier molecular flexibility index (Phi) is 40.8. The third-order valence-electron chi connectivity index (χ3n) is 14.0. The van der Waals surface area contributed by atoms with Gasteiger partial charge in [-0.2, -0.15) is 0 Å². The number of nitrogens with zero attached hydrogens (tertiary/aromatic N) is 2. The summed E-state index contributed by atoms with van der Waals surface area (Å²) in [6.07, 6.45) is 40.0. The van der Waals surface area contributed by atoms with Crippen molar-refractivity contribution in [1.82, 2.24) is 9.80 Å². The number of halogens is 2. The summed E-state index contributed by atoms with van der Waals surface area (Å²) >= 11 is 0. The van der Waals surface area contributed by atoms with E-state index in [1.54, 1.807) is 0 Å². The van der Waals surface area contributed by atoms with E-state index in [4.69, 9.17) is 9.47 Å². The summed E-state index contributed by atoms with van der Waals surface area (Å²) in [6.45, 7) is 13.5. The Morgan fingerprint density at radius 1 is 0.484 bits per heavy atom. The van der Waals surface area contributed by atoms with Crippen molar-refractivity contribution in [2.75, 3.05) is 52.5 Å². The van der Waals surface area contributed by atoms with Crippen LogP contribution in [0.3, 0.4) is 0 Å². The highest BCUT2D eigenvalue weighted by Gasteiger charge is 2.47. The number of hydrogen-bond donors (Lipinski definition) is 1. The first kappa shape index (κ1) is 60.7. The largest absolute Gasteiger partial charge is 0.465 e. The van der Waals surface area contributed by atoms with Crippen LogP contribution in [0.25, 0.3) is 0 Å². The summed E-state index contributed by atoms with van der Waals surface area (Å²) in [5.74, 6) is -1.89. The van der Waals surface area contributed by atoms with Crippen molar-refractivity contribution >= 4 is 11.9 Å². The fraction of sp³-hybridized carbons (Fsp3) is 0.964. The molecule has 1 aliphatic rings. The lowest BCUT2D eigenvalue weighted by molar-refractivity contribution is -0.146. The minimum absolute atomic E-state index is 0.0490. The van der Waals surface area contributed by atoms with Crippen LogP contribution >= 0.6 is 0 Å². The molecule has 0 aromatic rings. The maximum absolute atomic E-state index is 14.0. The zero-order chi connectivity index (χ0) is 46.8. The number of aliphatic hydroxyl groups is 1. The molecule has 0 aromatic heterocycles. The van der Waals surface area contributed by atoms with Crippen LogP contribution in [0.4, 0.5) is 8.78 Å². The quantitative estimate of drug-likeness (QED) is 0.0481. The van der Waals surface area contributed by atoms with Gasteiger partial charge in [0.25, 0.3) is 5.92 Å². The summed E-state index contributed by atoms with van der Waals surface area (Å²) in [4.78, 5) is 30.0. The van der Waals surface area contributed by atoms with Crippen molar-refractivity contribution in [3.05, 3.63) is 0 Å². The van der Waals surface area contributed by atoms with E-state index in [-0.39, 0.29) is 37.4 Å². The molecule has 0 spiro atoms. The van der Waals surface area contributed by atoms with Gasteiger partial charge >= 0.3 is 11.9 Å². The molecule has 0 atom stereocenters. The molecule has 1 fully saturated rings. The Morgan fingerprint density at radius 3 is 1.23 bits per heavy atom. The Bertz CT molecular complexity index is 1010. The van der Waals surface area contributed by atoms with E-state index in [1.807, 2.05) is 0 Å². The fourth-order valence-electron chi connectivity index (χ4n) is 9.52. The number of aliphatic hydroxyl groups excluding tert-OH is 1. The molecule has 0 radical (unpaired) electrons. The number of carbonyl (C=O) groups is 2. The lowest BCUT2D eigenvalue weighted by Gasteiger charge is -2.43. The summed E-state index contributed by atoms with van der Waals surface area (Å²) in [5, 5.41) is 9.83. The molecule has 1 aliphatic carbocycles. The molecular weight excluding hydrogens is 807 g/mol. The topological polar surface area (TPSA) is 79.3 Å². The van der Waals surface area contributed by atoms with Crippen LogP contribution in [0.1, 0.15) is 265 Å². The lowest BCUT2D eigenvalue weighted by atomic mass is 9.86. The molecule has 0 aromatic carbocycles. The van der Waals surface area contributed by atoms with Gasteiger partial charge in [0.2, 0.25) is 0 Å². The van der Waals surface area contributed by atoms with Crippen molar-refractivity contribution in [3.63, 3.8) is 0 Å². The minimum Gasteiger partial charge on any atom is -0.465 e. The van der Waals surface area contributed by atoms with Crippen molar-refractivity contribution in [3.8, 4) is 0 Å². The molecule has 9 heteroatoms. The molecule has 1 saturated carbocycles. The number of alkyl halides is 2. The summed E-state index contributed by atoms with van der Waals surface area (Å²) in [7, 11) is 0. The van der Waals surface area contributed by atoms with E-state index in [9.17, 15) is 23.5 Å². The Morgan fingerprint density at radius 2 is 0.844 bits per heavy atom. The number of unbranched alkanes of at least 4 members (excludes halogenated alkanes) is 23. The molecule has 1 rings (SSSR count). The highest BCUT2D eigenvalue weighted by molar-refractivity contribution is 5.69. The molecule has 1 N–H and O–H groups in total. The first-order valence-electron chi connectivity index (χ1n) is 27.9.